The molecule has 20 heavy (non-hydrogen) atoms. The van der Waals surface area contributed by atoms with Crippen LogP contribution in [0.4, 0.5) is 0 Å². The van der Waals surface area contributed by atoms with Crippen LogP contribution in [0.25, 0.3) is 0 Å². The van der Waals surface area contributed by atoms with Crippen molar-refractivity contribution in [2.24, 2.45) is 0 Å². The van der Waals surface area contributed by atoms with Crippen LogP contribution in [0, 0.1) is 0 Å². The van der Waals surface area contributed by atoms with Crippen LogP contribution in [0.5, 0.6) is 0 Å². The first-order chi connectivity index (χ1) is 9.82. The Morgan fingerprint density at radius 2 is 0.700 bits per heavy atom. The first kappa shape index (κ1) is 14.2. The van der Waals surface area contributed by atoms with E-state index in [9.17, 15) is 0 Å². The number of benzene rings is 3. The molecular formula is C18H15IZr. The number of halogens is 1. The number of hydrogen-bond acceptors (Lipinski definition) is 0. The van der Waals surface area contributed by atoms with Crippen LogP contribution in [-0.4, -0.2) is 0 Å². The van der Waals surface area contributed by atoms with E-state index in [2.05, 4.69) is 109 Å². The van der Waals surface area contributed by atoms with E-state index >= 15 is 0 Å². The summed E-state index contributed by atoms with van der Waals surface area (Å²) in [7, 11) is 0. The monoisotopic (exact) mass is 448 g/mol. The molecule has 0 aliphatic rings. The Kier molecular flexibility index (Phi) is 4.52. The predicted molar refractivity (Wildman–Crippen MR) is 92.2 cm³/mol. The van der Waals surface area contributed by atoms with Crippen molar-refractivity contribution in [1.82, 2.24) is 0 Å². The molecule has 0 aromatic heterocycles. The van der Waals surface area contributed by atoms with Gasteiger partial charge in [-0.05, 0) is 0 Å². The van der Waals surface area contributed by atoms with Gasteiger partial charge in [-0.2, -0.15) is 0 Å². The normalized spacial score (nSPS) is 11.2. The zero-order valence-corrected chi connectivity index (χ0v) is 15.7. The van der Waals surface area contributed by atoms with E-state index in [0.717, 1.165) is 0 Å². The van der Waals surface area contributed by atoms with E-state index in [1.807, 2.05) is 0 Å². The molecule has 0 spiro atoms. The Balaban J connectivity index is 2.24. The van der Waals surface area contributed by atoms with Gasteiger partial charge in [0, 0.05) is 0 Å². The van der Waals surface area contributed by atoms with Crippen LogP contribution in [0.15, 0.2) is 91.0 Å². The Hall–Kier alpha value is -0.727. The molecule has 0 amide bonds. The Morgan fingerprint density at radius 1 is 0.450 bits per heavy atom. The maximum atomic E-state index is 2.78. The summed E-state index contributed by atoms with van der Waals surface area (Å²) in [6.07, 6.45) is 0. The Morgan fingerprint density at radius 3 is 0.950 bits per heavy atom. The van der Waals surface area contributed by atoms with Gasteiger partial charge in [0.25, 0.3) is 0 Å². The minimum atomic E-state index is -2.81. The molecule has 0 aliphatic carbocycles. The first-order valence-corrected chi connectivity index (χ1v) is 17.7. The van der Waals surface area contributed by atoms with Crippen LogP contribution in [0.2, 0.25) is 0 Å². The second kappa shape index (κ2) is 6.36. The van der Waals surface area contributed by atoms with Crippen molar-refractivity contribution >= 4 is 27.9 Å². The van der Waals surface area contributed by atoms with Crippen LogP contribution >= 0.6 is 18.0 Å². The zero-order valence-electron chi connectivity index (χ0n) is 11.0. The summed E-state index contributed by atoms with van der Waals surface area (Å²) in [4.78, 5) is 0. The Labute approximate surface area is 134 Å². The number of hydrogen-bond donors (Lipinski definition) is 0. The van der Waals surface area contributed by atoms with Gasteiger partial charge in [-0.1, -0.05) is 0 Å². The Bertz CT molecular complexity index is 569. The first-order valence-electron chi connectivity index (χ1n) is 6.67. The van der Waals surface area contributed by atoms with E-state index < -0.39 is 16.1 Å². The SMILES string of the molecule is [I][Zr]([c]1ccccc1)([c]1ccccc1)[c]1ccccc1. The van der Waals surface area contributed by atoms with Crippen molar-refractivity contribution in [3.63, 3.8) is 0 Å². The van der Waals surface area contributed by atoms with Crippen molar-refractivity contribution in [3.8, 4) is 0 Å². The third-order valence-corrected chi connectivity index (χ3v) is 22.9. The van der Waals surface area contributed by atoms with Crippen molar-refractivity contribution in [1.29, 1.82) is 0 Å². The van der Waals surface area contributed by atoms with Gasteiger partial charge in [-0.3, -0.25) is 0 Å². The minimum absolute atomic E-state index is 1.51. The molecule has 0 atom stereocenters. The average molecular weight is 449 g/mol. The molecule has 0 saturated heterocycles. The molecule has 0 N–H and O–H groups in total. The average Bonchev–Trinajstić information content (AvgIpc) is 2.56. The molecule has 3 rings (SSSR count). The summed E-state index contributed by atoms with van der Waals surface area (Å²) in [5.41, 5.74) is 0. The predicted octanol–water partition coefficient (Wildman–Crippen LogP) is 3.47. The van der Waals surface area contributed by atoms with Gasteiger partial charge in [0.15, 0.2) is 0 Å². The van der Waals surface area contributed by atoms with Gasteiger partial charge in [-0.15, -0.1) is 0 Å². The second-order valence-corrected chi connectivity index (χ2v) is 21.8. The molecule has 0 radical (unpaired) electrons. The van der Waals surface area contributed by atoms with Gasteiger partial charge < -0.3 is 0 Å². The van der Waals surface area contributed by atoms with Crippen LogP contribution in [0.3, 0.4) is 0 Å². The molecule has 3 aromatic carbocycles. The fourth-order valence-electron chi connectivity index (χ4n) is 2.50. The van der Waals surface area contributed by atoms with E-state index in [0.29, 0.717) is 0 Å². The van der Waals surface area contributed by atoms with Crippen LogP contribution in [0.1, 0.15) is 0 Å². The molecule has 3 aromatic rings. The molecule has 0 heterocycles. The van der Waals surface area contributed by atoms with Crippen molar-refractivity contribution in [2.75, 3.05) is 0 Å². The fraction of sp³-hybridized carbons (Fsp3) is 0. The summed E-state index contributed by atoms with van der Waals surface area (Å²) in [6.45, 7) is 0. The molecule has 2 heteroatoms. The van der Waals surface area contributed by atoms with E-state index in [-0.39, 0.29) is 0 Å². The summed E-state index contributed by atoms with van der Waals surface area (Å²) >= 11 is -0.0246. The van der Waals surface area contributed by atoms with Crippen molar-refractivity contribution in [3.05, 3.63) is 91.0 Å². The zero-order chi connectivity index (χ0) is 13.8. The molecule has 0 aliphatic heterocycles. The molecule has 0 saturated carbocycles. The third-order valence-electron chi connectivity index (χ3n) is 3.51. The van der Waals surface area contributed by atoms with Gasteiger partial charge in [0.2, 0.25) is 0 Å². The molecule has 0 fully saturated rings. The summed E-state index contributed by atoms with van der Waals surface area (Å²) < 4.78 is 4.54. The quantitative estimate of drug-likeness (QED) is 0.538. The van der Waals surface area contributed by atoms with Crippen LogP contribution < -0.4 is 9.81 Å². The standard InChI is InChI=1S/3C6H5.HI.Zr/c3*1-2-4-6-5-3-1;;/h3*1-5H;1H;/q;;;;+1/p-1. The van der Waals surface area contributed by atoms with Crippen LogP contribution in [-0.2, 0) is 16.1 Å². The molecule has 0 nitrogen and oxygen atoms in total. The summed E-state index contributed by atoms with van der Waals surface area (Å²) in [5, 5.41) is 0. The topological polar surface area (TPSA) is 0 Å². The van der Waals surface area contributed by atoms with Crippen molar-refractivity contribution in [2.45, 2.75) is 0 Å². The van der Waals surface area contributed by atoms with Gasteiger partial charge in [-0.25, -0.2) is 0 Å². The third kappa shape index (κ3) is 2.69. The summed E-state index contributed by atoms with van der Waals surface area (Å²) in [5.74, 6) is 0. The van der Waals surface area contributed by atoms with E-state index in [4.69, 9.17) is 0 Å². The molecular weight excluding hydrogens is 434 g/mol. The van der Waals surface area contributed by atoms with Crippen molar-refractivity contribution < 1.29 is 16.1 Å². The van der Waals surface area contributed by atoms with Gasteiger partial charge in [0.1, 0.15) is 0 Å². The summed E-state index contributed by atoms with van der Waals surface area (Å²) in [6, 6.07) is 33.0. The molecule has 98 valence electrons. The fourth-order valence-corrected chi connectivity index (χ4v) is 16.1. The molecule has 0 unspecified atom stereocenters. The van der Waals surface area contributed by atoms with Gasteiger partial charge >= 0.3 is 135 Å². The second-order valence-electron chi connectivity index (χ2n) is 4.76. The molecule has 0 bridgehead atoms. The van der Waals surface area contributed by atoms with E-state index in [1.54, 1.807) is 0 Å². The van der Waals surface area contributed by atoms with Gasteiger partial charge in [0.05, 0.1) is 0 Å². The maximum absolute atomic E-state index is 2.81. The number of rotatable bonds is 3. The van der Waals surface area contributed by atoms with E-state index in [1.165, 1.54) is 9.81 Å².